The molecule has 1 aromatic heterocycles. The summed E-state index contributed by atoms with van der Waals surface area (Å²) in [5.41, 5.74) is 3.00. The van der Waals surface area contributed by atoms with Crippen LogP contribution in [-0.4, -0.2) is 32.0 Å². The van der Waals surface area contributed by atoms with Crippen molar-refractivity contribution in [3.05, 3.63) is 60.2 Å². The molecule has 28 heavy (non-hydrogen) atoms. The van der Waals surface area contributed by atoms with Gasteiger partial charge in [0.1, 0.15) is 5.92 Å². The Morgan fingerprint density at radius 1 is 1.18 bits per heavy atom. The van der Waals surface area contributed by atoms with Gasteiger partial charge in [-0.25, -0.2) is 0 Å². The van der Waals surface area contributed by atoms with Crippen LogP contribution in [0.1, 0.15) is 12.5 Å². The summed E-state index contributed by atoms with van der Waals surface area (Å²) in [5, 5.41) is 25.9. The molecule has 7 heteroatoms. The van der Waals surface area contributed by atoms with Crippen molar-refractivity contribution in [2.45, 2.75) is 19.0 Å². The minimum Gasteiger partial charge on any atom is -0.308 e. The normalized spacial score (nSPS) is 11.6. The number of thioether (sulfide) groups is 1. The number of rotatable bonds is 7. The van der Waals surface area contributed by atoms with Crippen molar-refractivity contribution >= 4 is 23.3 Å². The molecule has 0 bridgehead atoms. The quantitative estimate of drug-likeness (QED) is 0.485. The van der Waals surface area contributed by atoms with Crippen molar-refractivity contribution < 1.29 is 4.79 Å². The van der Waals surface area contributed by atoms with Crippen LogP contribution in [0.25, 0.3) is 17.1 Å². The van der Waals surface area contributed by atoms with E-state index in [1.54, 1.807) is 0 Å². The maximum Gasteiger partial charge on any atom is 0.196 e. The number of aromatic nitrogens is 3. The molecule has 1 N–H and O–H groups in total. The van der Waals surface area contributed by atoms with Gasteiger partial charge in [0, 0.05) is 17.0 Å². The van der Waals surface area contributed by atoms with Crippen molar-refractivity contribution in [1.82, 2.24) is 14.8 Å². The lowest BCUT2D eigenvalue weighted by Gasteiger charge is -2.11. The third-order valence-electron chi connectivity index (χ3n) is 4.19. The van der Waals surface area contributed by atoms with E-state index in [9.17, 15) is 4.79 Å². The monoisotopic (exact) mass is 389 g/mol. The van der Waals surface area contributed by atoms with Crippen molar-refractivity contribution in [3.8, 4) is 23.1 Å². The summed E-state index contributed by atoms with van der Waals surface area (Å²) in [5.74, 6) is -0.594. The van der Waals surface area contributed by atoms with E-state index < -0.39 is 5.92 Å². The van der Waals surface area contributed by atoms with E-state index in [2.05, 4.69) is 10.2 Å². The van der Waals surface area contributed by atoms with Gasteiger partial charge in [0.05, 0.1) is 11.8 Å². The largest absolute Gasteiger partial charge is 0.308 e. The Balaban J connectivity index is 1.97. The maximum atomic E-state index is 12.3. The van der Waals surface area contributed by atoms with Crippen LogP contribution in [0.2, 0.25) is 0 Å². The van der Waals surface area contributed by atoms with E-state index in [1.165, 1.54) is 18.7 Å². The van der Waals surface area contributed by atoms with E-state index in [1.807, 2.05) is 72.2 Å². The Morgan fingerprint density at radius 2 is 1.86 bits per heavy atom. The Hall–Kier alpha value is -3.24. The maximum absolute atomic E-state index is 12.3. The summed E-state index contributed by atoms with van der Waals surface area (Å²) in [7, 11) is 0. The van der Waals surface area contributed by atoms with Gasteiger partial charge in [0.15, 0.2) is 16.8 Å². The first-order valence-corrected chi connectivity index (χ1v) is 9.68. The van der Waals surface area contributed by atoms with Crippen LogP contribution >= 0.6 is 11.8 Å². The number of Topliss-reactive ketones (excluding diaryl/α,β-unsaturated/α-hetero) is 1. The van der Waals surface area contributed by atoms with Crippen LogP contribution in [0.5, 0.6) is 0 Å². The van der Waals surface area contributed by atoms with Gasteiger partial charge in [-0.2, -0.15) is 5.26 Å². The molecule has 0 spiro atoms. The highest BCUT2D eigenvalue weighted by Gasteiger charge is 2.22. The van der Waals surface area contributed by atoms with Crippen LogP contribution < -0.4 is 0 Å². The Labute approximate surface area is 167 Å². The number of nitrogens with zero attached hydrogens (tertiary/aromatic N) is 4. The molecular weight excluding hydrogens is 370 g/mol. The molecule has 0 aliphatic carbocycles. The van der Waals surface area contributed by atoms with Gasteiger partial charge in [-0.1, -0.05) is 59.8 Å². The summed E-state index contributed by atoms with van der Waals surface area (Å²) in [6, 6.07) is 19.6. The predicted octanol–water partition coefficient (Wildman–Crippen LogP) is 4.08. The fourth-order valence-corrected chi connectivity index (χ4v) is 3.55. The summed E-state index contributed by atoms with van der Waals surface area (Å²) in [4.78, 5) is 12.3. The predicted molar refractivity (Wildman–Crippen MR) is 110 cm³/mol. The first-order chi connectivity index (χ1) is 13.5. The van der Waals surface area contributed by atoms with Crippen LogP contribution in [0.4, 0.5) is 0 Å². The van der Waals surface area contributed by atoms with Crippen LogP contribution in [0.15, 0.2) is 59.8 Å². The molecule has 0 amide bonds. The third-order valence-corrected chi connectivity index (χ3v) is 5.14. The fraction of sp³-hybridized carbons (Fsp3) is 0.190. The molecule has 3 rings (SSSR count). The first-order valence-electron chi connectivity index (χ1n) is 8.69. The minimum absolute atomic E-state index is 0.0488. The van der Waals surface area contributed by atoms with E-state index in [-0.39, 0.29) is 17.2 Å². The number of carbonyl (C=O) groups excluding carboxylic acids is 1. The summed E-state index contributed by atoms with van der Waals surface area (Å²) in [6.45, 7) is 3.49. The minimum atomic E-state index is -1.02. The summed E-state index contributed by atoms with van der Waals surface area (Å²) >= 11 is 1.22. The van der Waals surface area contributed by atoms with Crippen molar-refractivity contribution in [2.75, 3.05) is 5.75 Å². The van der Waals surface area contributed by atoms with E-state index in [4.69, 9.17) is 10.7 Å². The standard InChI is InChI=1S/C21H19N5OS/c1-14-8-10-17(11-9-14)26-20(16-6-4-3-5-7-16)24-25-21(26)28-13-19(27)18(12-22)15(2)23/h3-11,18,23H,13H2,1-2H3/t18-/m1/s1. The third kappa shape index (κ3) is 4.18. The molecule has 2 aromatic carbocycles. The van der Waals surface area contributed by atoms with Gasteiger partial charge in [-0.05, 0) is 26.0 Å². The second-order valence-electron chi connectivity index (χ2n) is 6.34. The molecule has 6 nitrogen and oxygen atoms in total. The summed E-state index contributed by atoms with van der Waals surface area (Å²) in [6.07, 6.45) is 0. The molecule has 1 atom stereocenters. The highest BCUT2D eigenvalue weighted by atomic mass is 32.2. The van der Waals surface area contributed by atoms with Gasteiger partial charge in [0.2, 0.25) is 0 Å². The van der Waals surface area contributed by atoms with E-state index in [0.717, 1.165) is 16.8 Å². The zero-order valence-electron chi connectivity index (χ0n) is 15.6. The highest BCUT2D eigenvalue weighted by Crippen LogP contribution is 2.28. The molecule has 140 valence electrons. The number of ketones is 1. The Morgan fingerprint density at radius 3 is 2.46 bits per heavy atom. The van der Waals surface area contributed by atoms with Crippen molar-refractivity contribution in [2.24, 2.45) is 5.92 Å². The van der Waals surface area contributed by atoms with E-state index >= 15 is 0 Å². The number of nitrogens with one attached hydrogen (secondary N) is 1. The number of hydrogen-bond acceptors (Lipinski definition) is 6. The van der Waals surface area contributed by atoms with Crippen LogP contribution in [-0.2, 0) is 4.79 Å². The molecule has 0 fully saturated rings. The molecular formula is C21H19N5OS. The van der Waals surface area contributed by atoms with Gasteiger partial charge in [-0.15, -0.1) is 10.2 Å². The smallest absolute Gasteiger partial charge is 0.196 e. The number of hydrogen-bond donors (Lipinski definition) is 1. The number of aryl methyl sites for hydroxylation is 1. The number of nitriles is 1. The van der Waals surface area contributed by atoms with Gasteiger partial charge < -0.3 is 5.41 Å². The van der Waals surface area contributed by atoms with Gasteiger partial charge in [-0.3, -0.25) is 9.36 Å². The lowest BCUT2D eigenvalue weighted by Crippen LogP contribution is -2.21. The molecule has 1 heterocycles. The molecule has 0 aliphatic heterocycles. The van der Waals surface area contributed by atoms with Crippen molar-refractivity contribution in [3.63, 3.8) is 0 Å². The number of benzene rings is 2. The van der Waals surface area contributed by atoms with Crippen LogP contribution in [0.3, 0.4) is 0 Å². The Kier molecular flexibility index (Phi) is 6.02. The SMILES string of the molecule is CC(=N)[C@@H](C#N)C(=O)CSc1nnc(-c2ccccc2)n1-c1ccc(C)cc1. The Bertz CT molecular complexity index is 1030. The average Bonchev–Trinajstić information content (AvgIpc) is 3.12. The van der Waals surface area contributed by atoms with Crippen molar-refractivity contribution in [1.29, 1.82) is 10.7 Å². The second-order valence-corrected chi connectivity index (χ2v) is 7.29. The molecule has 0 radical (unpaired) electrons. The van der Waals surface area contributed by atoms with E-state index in [0.29, 0.717) is 11.0 Å². The second kappa shape index (κ2) is 8.63. The lowest BCUT2D eigenvalue weighted by molar-refractivity contribution is -0.117. The lowest BCUT2D eigenvalue weighted by atomic mass is 10.0. The van der Waals surface area contributed by atoms with Crippen LogP contribution in [0, 0.1) is 29.6 Å². The molecule has 0 unspecified atom stereocenters. The number of carbonyl (C=O) groups is 1. The molecule has 3 aromatic rings. The molecule has 0 aliphatic rings. The highest BCUT2D eigenvalue weighted by molar-refractivity contribution is 7.99. The fourth-order valence-electron chi connectivity index (χ4n) is 2.69. The molecule has 0 saturated carbocycles. The first kappa shape index (κ1) is 19.5. The zero-order valence-corrected chi connectivity index (χ0v) is 16.4. The van der Waals surface area contributed by atoms with Gasteiger partial charge in [0.25, 0.3) is 0 Å². The summed E-state index contributed by atoms with van der Waals surface area (Å²) < 4.78 is 1.91. The zero-order chi connectivity index (χ0) is 20.1. The topological polar surface area (TPSA) is 95.4 Å². The average molecular weight is 389 g/mol. The van der Waals surface area contributed by atoms with Gasteiger partial charge >= 0.3 is 0 Å². The molecule has 0 saturated heterocycles.